The standard InChI is InChI=1S/C17H15F3N4OS/c18-17(19,20)13-9-26-15(23-13)11-4-7-24(8-5-11)16(25)12-2-1-10-3-6-21-14(10)22-12/h1-3,6,9,11H,4-5,7-8H2,(H,21,22). The third-order valence-corrected chi connectivity index (χ3v) is 5.58. The van der Waals surface area contributed by atoms with E-state index in [1.807, 2.05) is 12.1 Å². The van der Waals surface area contributed by atoms with Crippen molar-refractivity contribution in [3.8, 4) is 0 Å². The molecule has 0 atom stereocenters. The summed E-state index contributed by atoms with van der Waals surface area (Å²) in [5, 5.41) is 2.49. The molecule has 0 aromatic carbocycles. The Kier molecular flexibility index (Phi) is 4.18. The van der Waals surface area contributed by atoms with Gasteiger partial charge in [0.25, 0.3) is 5.91 Å². The van der Waals surface area contributed by atoms with Crippen LogP contribution in [0.2, 0.25) is 0 Å². The summed E-state index contributed by atoms with van der Waals surface area (Å²) in [6, 6.07) is 5.42. The van der Waals surface area contributed by atoms with Crippen molar-refractivity contribution < 1.29 is 18.0 Å². The maximum absolute atomic E-state index is 12.7. The molecule has 0 saturated carbocycles. The Bertz CT molecular complexity index is 941. The lowest BCUT2D eigenvalue weighted by molar-refractivity contribution is -0.140. The zero-order valence-corrected chi connectivity index (χ0v) is 14.4. The van der Waals surface area contributed by atoms with Crippen LogP contribution < -0.4 is 0 Å². The number of thiazole rings is 1. The van der Waals surface area contributed by atoms with Crippen molar-refractivity contribution in [3.05, 3.63) is 46.2 Å². The van der Waals surface area contributed by atoms with Crippen LogP contribution in [0.25, 0.3) is 11.0 Å². The van der Waals surface area contributed by atoms with Crippen LogP contribution in [0.4, 0.5) is 13.2 Å². The summed E-state index contributed by atoms with van der Waals surface area (Å²) >= 11 is 1.04. The van der Waals surface area contributed by atoms with E-state index < -0.39 is 11.9 Å². The number of nitrogens with one attached hydrogen (secondary N) is 1. The van der Waals surface area contributed by atoms with E-state index in [0.29, 0.717) is 42.3 Å². The Labute approximate surface area is 150 Å². The number of alkyl halides is 3. The highest BCUT2D eigenvalue weighted by atomic mass is 32.1. The number of hydrogen-bond donors (Lipinski definition) is 1. The van der Waals surface area contributed by atoms with Gasteiger partial charge in [0.15, 0.2) is 5.69 Å². The predicted octanol–water partition coefficient (Wildman–Crippen LogP) is 4.06. The maximum atomic E-state index is 12.7. The normalized spacial score (nSPS) is 16.3. The Morgan fingerprint density at radius 1 is 1.19 bits per heavy atom. The number of aromatic nitrogens is 3. The van der Waals surface area contributed by atoms with Gasteiger partial charge < -0.3 is 9.88 Å². The molecule has 1 amide bonds. The van der Waals surface area contributed by atoms with Crippen molar-refractivity contribution in [3.63, 3.8) is 0 Å². The molecule has 4 rings (SSSR count). The van der Waals surface area contributed by atoms with Crippen LogP contribution in [-0.2, 0) is 6.18 Å². The molecule has 5 nitrogen and oxygen atoms in total. The predicted molar refractivity (Wildman–Crippen MR) is 91.1 cm³/mol. The Morgan fingerprint density at radius 2 is 1.96 bits per heavy atom. The van der Waals surface area contributed by atoms with Crippen molar-refractivity contribution in [2.24, 2.45) is 0 Å². The van der Waals surface area contributed by atoms with Gasteiger partial charge in [-0.15, -0.1) is 11.3 Å². The second kappa shape index (κ2) is 6.39. The minimum Gasteiger partial charge on any atom is -0.346 e. The lowest BCUT2D eigenvalue weighted by Crippen LogP contribution is -2.38. The highest BCUT2D eigenvalue weighted by molar-refractivity contribution is 7.09. The molecule has 0 aliphatic carbocycles. The van der Waals surface area contributed by atoms with Crippen molar-refractivity contribution in [2.75, 3.05) is 13.1 Å². The highest BCUT2D eigenvalue weighted by Gasteiger charge is 2.35. The minimum absolute atomic E-state index is 0.0426. The summed E-state index contributed by atoms with van der Waals surface area (Å²) in [6.07, 6.45) is -1.45. The number of H-pyrrole nitrogens is 1. The molecular formula is C17H15F3N4OS. The van der Waals surface area contributed by atoms with Crippen LogP contribution in [0.5, 0.6) is 0 Å². The number of likely N-dealkylation sites (tertiary alicyclic amines) is 1. The number of carbonyl (C=O) groups is 1. The summed E-state index contributed by atoms with van der Waals surface area (Å²) < 4.78 is 38.1. The van der Waals surface area contributed by atoms with Crippen LogP contribution in [0.1, 0.15) is 39.9 Å². The fourth-order valence-corrected chi connectivity index (χ4v) is 4.14. The number of halogens is 3. The molecular weight excluding hydrogens is 365 g/mol. The van der Waals surface area contributed by atoms with Gasteiger partial charge in [0.05, 0.1) is 5.01 Å². The second-order valence-electron chi connectivity index (χ2n) is 6.25. The number of hydrogen-bond acceptors (Lipinski definition) is 4. The number of carbonyl (C=O) groups excluding carboxylic acids is 1. The van der Waals surface area contributed by atoms with Gasteiger partial charge in [-0.25, -0.2) is 9.97 Å². The first-order chi connectivity index (χ1) is 12.4. The molecule has 1 aliphatic rings. The largest absolute Gasteiger partial charge is 0.434 e. The lowest BCUT2D eigenvalue weighted by Gasteiger charge is -2.30. The van der Waals surface area contributed by atoms with Crippen molar-refractivity contribution in [1.82, 2.24) is 19.9 Å². The average molecular weight is 380 g/mol. The van der Waals surface area contributed by atoms with E-state index in [0.717, 1.165) is 22.1 Å². The molecule has 0 radical (unpaired) electrons. The molecule has 3 aromatic rings. The van der Waals surface area contributed by atoms with E-state index in [1.54, 1.807) is 17.2 Å². The Morgan fingerprint density at radius 3 is 2.65 bits per heavy atom. The molecule has 1 aliphatic heterocycles. The fraction of sp³-hybridized carbons (Fsp3) is 0.353. The van der Waals surface area contributed by atoms with Gasteiger partial charge in [0.2, 0.25) is 0 Å². The summed E-state index contributed by atoms with van der Waals surface area (Å²) in [5.41, 5.74) is 0.194. The molecule has 1 fully saturated rings. The first-order valence-electron chi connectivity index (χ1n) is 8.18. The van der Waals surface area contributed by atoms with Crippen LogP contribution in [0.15, 0.2) is 29.8 Å². The van der Waals surface area contributed by atoms with E-state index >= 15 is 0 Å². The summed E-state index contributed by atoms with van der Waals surface area (Å²) in [5.74, 6) is -0.200. The SMILES string of the molecule is O=C(c1ccc2cc[nH]c2n1)N1CCC(c2nc(C(F)(F)F)cs2)CC1. The molecule has 0 bridgehead atoms. The number of rotatable bonds is 2. The van der Waals surface area contributed by atoms with E-state index in [4.69, 9.17) is 0 Å². The van der Waals surface area contributed by atoms with Gasteiger partial charge in [0.1, 0.15) is 11.3 Å². The summed E-state index contributed by atoms with van der Waals surface area (Å²) in [4.78, 5) is 25.4. The minimum atomic E-state index is -4.41. The number of aromatic amines is 1. The number of fused-ring (bicyclic) bond motifs is 1. The van der Waals surface area contributed by atoms with Crippen LogP contribution in [-0.4, -0.2) is 38.8 Å². The van der Waals surface area contributed by atoms with Gasteiger partial charge in [-0.3, -0.25) is 4.79 Å². The first-order valence-corrected chi connectivity index (χ1v) is 9.06. The maximum Gasteiger partial charge on any atom is 0.434 e. The Balaban J connectivity index is 1.42. The molecule has 26 heavy (non-hydrogen) atoms. The van der Waals surface area contributed by atoms with Gasteiger partial charge in [0, 0.05) is 36.0 Å². The fourth-order valence-electron chi connectivity index (χ4n) is 3.15. The van der Waals surface area contributed by atoms with Crippen molar-refractivity contribution in [2.45, 2.75) is 24.9 Å². The molecule has 4 heterocycles. The van der Waals surface area contributed by atoms with Crippen LogP contribution in [0, 0.1) is 0 Å². The molecule has 0 unspecified atom stereocenters. The average Bonchev–Trinajstić information content (AvgIpc) is 3.29. The Hall–Kier alpha value is -2.42. The molecule has 0 spiro atoms. The quantitative estimate of drug-likeness (QED) is 0.729. The number of amides is 1. The van der Waals surface area contributed by atoms with E-state index in [1.165, 1.54) is 0 Å². The third-order valence-electron chi connectivity index (χ3n) is 4.57. The smallest absolute Gasteiger partial charge is 0.346 e. The number of pyridine rings is 1. The van der Waals surface area contributed by atoms with E-state index in [2.05, 4.69) is 15.0 Å². The van der Waals surface area contributed by atoms with Gasteiger partial charge >= 0.3 is 6.18 Å². The van der Waals surface area contributed by atoms with E-state index in [9.17, 15) is 18.0 Å². The van der Waals surface area contributed by atoms with Crippen molar-refractivity contribution in [1.29, 1.82) is 0 Å². The zero-order valence-electron chi connectivity index (χ0n) is 13.6. The van der Waals surface area contributed by atoms with Crippen LogP contribution in [0.3, 0.4) is 0 Å². The molecule has 9 heteroatoms. The van der Waals surface area contributed by atoms with E-state index in [-0.39, 0.29) is 11.8 Å². The lowest BCUT2D eigenvalue weighted by atomic mass is 9.97. The summed E-state index contributed by atoms with van der Waals surface area (Å²) in [7, 11) is 0. The van der Waals surface area contributed by atoms with Gasteiger partial charge in [-0.1, -0.05) is 0 Å². The van der Waals surface area contributed by atoms with Crippen LogP contribution >= 0.6 is 11.3 Å². The molecule has 136 valence electrons. The van der Waals surface area contributed by atoms with Gasteiger partial charge in [-0.2, -0.15) is 13.2 Å². The van der Waals surface area contributed by atoms with Gasteiger partial charge in [-0.05, 0) is 31.0 Å². The monoisotopic (exact) mass is 380 g/mol. The van der Waals surface area contributed by atoms with Crippen molar-refractivity contribution >= 4 is 28.3 Å². The third kappa shape index (κ3) is 3.18. The topological polar surface area (TPSA) is 61.9 Å². The first kappa shape index (κ1) is 17.0. The second-order valence-corrected chi connectivity index (χ2v) is 7.14. The number of piperidine rings is 1. The molecule has 1 saturated heterocycles. The molecule has 3 aromatic heterocycles. The molecule has 1 N–H and O–H groups in total. The number of nitrogens with zero attached hydrogens (tertiary/aromatic N) is 3. The zero-order chi connectivity index (χ0) is 18.3. The summed E-state index contributed by atoms with van der Waals surface area (Å²) in [6.45, 7) is 0.962. The highest BCUT2D eigenvalue weighted by Crippen LogP contribution is 2.35.